The largest absolute Gasteiger partial charge is 0.309 e. The minimum atomic E-state index is 0.686. The summed E-state index contributed by atoms with van der Waals surface area (Å²) in [5.41, 5.74) is 7.01. The molecule has 0 N–H and O–H groups in total. The van der Waals surface area contributed by atoms with E-state index in [-0.39, 0.29) is 0 Å². The van der Waals surface area contributed by atoms with E-state index in [1.807, 2.05) is 18.5 Å². The Labute approximate surface area is 190 Å². The predicted octanol–water partition coefficient (Wildman–Crippen LogP) is 6.98. The molecule has 0 saturated heterocycles. The molecule has 0 unspecified atom stereocenters. The highest BCUT2D eigenvalue weighted by Gasteiger charge is 2.21. The molecule has 0 saturated carbocycles. The molecule has 4 nitrogen and oxygen atoms in total. The van der Waals surface area contributed by atoms with Crippen LogP contribution in [0.25, 0.3) is 55.2 Å². The van der Waals surface area contributed by atoms with Crippen LogP contribution < -0.4 is 0 Å². The fourth-order valence-corrected chi connectivity index (χ4v) is 5.14. The Balaban J connectivity index is 1.77. The zero-order valence-corrected chi connectivity index (χ0v) is 18.1. The standard InChI is InChI=1S/C29H20N4/c1-19-12-14-25-23(18-19)21-13-15-26-27(28(21)33(25)29-30-16-7-17-31-29)22-10-5-6-11-24(22)32(26)20-8-3-2-4-9-20/h2-18H,1H3. The maximum absolute atomic E-state index is 4.64. The topological polar surface area (TPSA) is 35.6 Å². The lowest BCUT2D eigenvalue weighted by atomic mass is 10.1. The molecule has 7 aromatic rings. The fourth-order valence-electron chi connectivity index (χ4n) is 5.14. The molecule has 0 aliphatic carbocycles. The van der Waals surface area contributed by atoms with Crippen molar-refractivity contribution in [2.75, 3.05) is 0 Å². The number of aromatic nitrogens is 4. The second kappa shape index (κ2) is 6.78. The maximum Gasteiger partial charge on any atom is 0.234 e. The number of aryl methyl sites for hydroxylation is 1. The Kier molecular flexibility index (Phi) is 3.73. The second-order valence-electron chi connectivity index (χ2n) is 8.45. The van der Waals surface area contributed by atoms with Gasteiger partial charge in [0.15, 0.2) is 0 Å². The van der Waals surface area contributed by atoms with Crippen LogP contribution in [0.3, 0.4) is 0 Å². The Bertz CT molecular complexity index is 1810. The Morgan fingerprint density at radius 3 is 2.15 bits per heavy atom. The Morgan fingerprint density at radius 2 is 1.30 bits per heavy atom. The number of rotatable bonds is 2. The van der Waals surface area contributed by atoms with Gasteiger partial charge in [0.2, 0.25) is 5.95 Å². The summed E-state index contributed by atoms with van der Waals surface area (Å²) in [6, 6.07) is 32.2. The number of hydrogen-bond donors (Lipinski definition) is 0. The summed E-state index contributed by atoms with van der Waals surface area (Å²) in [5.74, 6) is 0.686. The molecule has 33 heavy (non-hydrogen) atoms. The third-order valence-corrected chi connectivity index (χ3v) is 6.48. The van der Waals surface area contributed by atoms with Gasteiger partial charge in [0.1, 0.15) is 0 Å². The number of nitrogens with zero attached hydrogens (tertiary/aromatic N) is 4. The molecule has 0 atom stereocenters. The Hall–Kier alpha value is -4.44. The highest BCUT2D eigenvalue weighted by molar-refractivity contribution is 6.26. The van der Waals surface area contributed by atoms with Gasteiger partial charge in [-0.2, -0.15) is 0 Å². The van der Waals surface area contributed by atoms with E-state index in [1.54, 1.807) is 0 Å². The van der Waals surface area contributed by atoms with Gasteiger partial charge in [0.25, 0.3) is 0 Å². The highest BCUT2D eigenvalue weighted by atomic mass is 15.2. The highest BCUT2D eigenvalue weighted by Crippen LogP contribution is 2.41. The van der Waals surface area contributed by atoms with Crippen LogP contribution in [0.1, 0.15) is 5.56 Å². The molecule has 0 amide bonds. The first-order valence-electron chi connectivity index (χ1n) is 11.1. The summed E-state index contributed by atoms with van der Waals surface area (Å²) in [6.07, 6.45) is 3.61. The molecule has 0 spiro atoms. The van der Waals surface area contributed by atoms with Crippen molar-refractivity contribution in [2.24, 2.45) is 0 Å². The molecule has 4 heteroatoms. The van der Waals surface area contributed by atoms with Crippen molar-refractivity contribution in [3.63, 3.8) is 0 Å². The number of fused-ring (bicyclic) bond motifs is 7. The first-order valence-corrected chi connectivity index (χ1v) is 11.1. The van der Waals surface area contributed by atoms with Crippen LogP contribution in [-0.2, 0) is 0 Å². The predicted molar refractivity (Wildman–Crippen MR) is 135 cm³/mol. The molecule has 4 aromatic carbocycles. The van der Waals surface area contributed by atoms with Gasteiger partial charge in [0.05, 0.1) is 22.1 Å². The summed E-state index contributed by atoms with van der Waals surface area (Å²) < 4.78 is 4.57. The number of para-hydroxylation sites is 2. The van der Waals surface area contributed by atoms with Crippen molar-refractivity contribution in [3.8, 4) is 11.6 Å². The van der Waals surface area contributed by atoms with Crippen molar-refractivity contribution in [1.29, 1.82) is 0 Å². The first kappa shape index (κ1) is 18.2. The van der Waals surface area contributed by atoms with E-state index in [0.29, 0.717) is 5.95 Å². The number of benzene rings is 4. The smallest absolute Gasteiger partial charge is 0.234 e. The number of hydrogen-bond acceptors (Lipinski definition) is 2. The molecule has 0 aliphatic rings. The lowest BCUT2D eigenvalue weighted by Crippen LogP contribution is -2.00. The molecule has 156 valence electrons. The summed E-state index contributed by atoms with van der Waals surface area (Å²) in [7, 11) is 0. The molecular weight excluding hydrogens is 404 g/mol. The molecule has 7 rings (SSSR count). The molecule has 3 aromatic heterocycles. The van der Waals surface area contributed by atoms with Crippen LogP contribution in [-0.4, -0.2) is 19.1 Å². The van der Waals surface area contributed by atoms with Crippen molar-refractivity contribution >= 4 is 43.6 Å². The van der Waals surface area contributed by atoms with E-state index in [9.17, 15) is 0 Å². The molecular formula is C29H20N4. The van der Waals surface area contributed by atoms with Gasteiger partial charge >= 0.3 is 0 Å². The van der Waals surface area contributed by atoms with Crippen molar-refractivity contribution in [1.82, 2.24) is 19.1 Å². The van der Waals surface area contributed by atoms with Crippen LogP contribution in [0.2, 0.25) is 0 Å². The molecule has 3 heterocycles. The van der Waals surface area contributed by atoms with Crippen molar-refractivity contribution in [2.45, 2.75) is 6.92 Å². The first-order chi connectivity index (χ1) is 16.3. The SMILES string of the molecule is Cc1ccc2c(c1)c1ccc3c(c4ccccc4n3-c3ccccc3)c1n2-c1ncccn1. The second-order valence-corrected chi connectivity index (χ2v) is 8.45. The van der Waals surface area contributed by atoms with Gasteiger partial charge in [-0.1, -0.05) is 54.1 Å². The van der Waals surface area contributed by atoms with E-state index in [1.165, 1.54) is 38.1 Å². The van der Waals surface area contributed by atoms with E-state index in [0.717, 1.165) is 16.7 Å². The Morgan fingerprint density at radius 1 is 0.576 bits per heavy atom. The maximum atomic E-state index is 4.64. The average molecular weight is 425 g/mol. The summed E-state index contributed by atoms with van der Waals surface area (Å²) in [5, 5.41) is 4.87. The average Bonchev–Trinajstić information content (AvgIpc) is 3.37. The normalized spacial score (nSPS) is 11.8. The molecule has 0 fully saturated rings. The zero-order valence-electron chi connectivity index (χ0n) is 18.1. The van der Waals surface area contributed by atoms with Gasteiger partial charge in [-0.3, -0.25) is 4.57 Å². The third-order valence-electron chi connectivity index (χ3n) is 6.48. The lowest BCUT2D eigenvalue weighted by molar-refractivity contribution is 0.990. The molecule has 0 radical (unpaired) electrons. The van der Waals surface area contributed by atoms with Gasteiger partial charge in [0, 0.05) is 39.6 Å². The van der Waals surface area contributed by atoms with Crippen LogP contribution >= 0.6 is 0 Å². The summed E-state index contributed by atoms with van der Waals surface area (Å²) >= 11 is 0. The van der Waals surface area contributed by atoms with Gasteiger partial charge in [-0.15, -0.1) is 0 Å². The minimum Gasteiger partial charge on any atom is -0.309 e. The van der Waals surface area contributed by atoms with Gasteiger partial charge in [-0.05, 0) is 49.4 Å². The van der Waals surface area contributed by atoms with Crippen molar-refractivity contribution < 1.29 is 0 Å². The summed E-state index contributed by atoms with van der Waals surface area (Å²) in [4.78, 5) is 9.28. The fraction of sp³-hybridized carbons (Fsp3) is 0.0345. The van der Waals surface area contributed by atoms with Gasteiger partial charge < -0.3 is 4.57 Å². The van der Waals surface area contributed by atoms with Crippen LogP contribution in [0.15, 0.2) is 103 Å². The quantitative estimate of drug-likeness (QED) is 0.300. The van der Waals surface area contributed by atoms with Crippen LogP contribution in [0.4, 0.5) is 0 Å². The molecule has 0 aliphatic heterocycles. The third kappa shape index (κ3) is 2.52. The van der Waals surface area contributed by atoms with E-state index >= 15 is 0 Å². The zero-order chi connectivity index (χ0) is 21.9. The monoisotopic (exact) mass is 424 g/mol. The summed E-state index contributed by atoms with van der Waals surface area (Å²) in [6.45, 7) is 2.14. The van der Waals surface area contributed by atoms with E-state index in [2.05, 4.69) is 111 Å². The van der Waals surface area contributed by atoms with Crippen LogP contribution in [0, 0.1) is 6.92 Å². The lowest BCUT2D eigenvalue weighted by Gasteiger charge is -2.08. The minimum absolute atomic E-state index is 0.686. The van der Waals surface area contributed by atoms with Crippen molar-refractivity contribution in [3.05, 3.63) is 109 Å². The van der Waals surface area contributed by atoms with E-state index in [4.69, 9.17) is 0 Å². The van der Waals surface area contributed by atoms with Gasteiger partial charge in [-0.25, -0.2) is 9.97 Å². The van der Waals surface area contributed by atoms with E-state index < -0.39 is 0 Å². The molecule has 0 bridgehead atoms. The van der Waals surface area contributed by atoms with Crippen LogP contribution in [0.5, 0.6) is 0 Å².